The predicted molar refractivity (Wildman–Crippen MR) is 225 cm³/mol. The first-order valence-electron chi connectivity index (χ1n) is 23.6. The van der Waals surface area contributed by atoms with Gasteiger partial charge in [-0.1, -0.05) is 12.1 Å². The van der Waals surface area contributed by atoms with Crippen LogP contribution in [-0.4, -0.2) is 110 Å². The number of anilines is 6. The van der Waals surface area contributed by atoms with Gasteiger partial charge in [0.05, 0.1) is 51.9 Å². The molecule has 15 nitrogen and oxygen atoms in total. The Hall–Kier alpha value is -6.69. The summed E-state index contributed by atoms with van der Waals surface area (Å²) in [6, 6.07) is 14.2. The summed E-state index contributed by atoms with van der Waals surface area (Å²) in [5.41, 5.74) is -1.12. The molecule has 1 atom stereocenters. The van der Waals surface area contributed by atoms with Crippen LogP contribution in [0.1, 0.15) is 73.3 Å². The number of rotatable bonds is 11. The third kappa shape index (κ3) is 8.59. The van der Waals surface area contributed by atoms with E-state index in [0.717, 1.165) is 24.3 Å². The molecular formula is C44H46F3N9O6. The molecule has 8 rings (SSSR count). The zero-order valence-electron chi connectivity index (χ0n) is 41.4. The van der Waals surface area contributed by atoms with Crippen LogP contribution < -0.4 is 35.8 Å². The van der Waals surface area contributed by atoms with Gasteiger partial charge in [-0.25, -0.2) is 4.98 Å². The fraction of sp³-hybridized carbons (Fsp3) is 0.364. The summed E-state index contributed by atoms with van der Waals surface area (Å²) in [5, 5.41) is 10.3. The molecule has 0 spiro atoms. The van der Waals surface area contributed by atoms with E-state index in [1.807, 2.05) is 4.90 Å². The first kappa shape index (κ1) is 33.0. The van der Waals surface area contributed by atoms with Crippen molar-refractivity contribution in [3.63, 3.8) is 0 Å². The summed E-state index contributed by atoms with van der Waals surface area (Å²) < 4.78 is 121. The Kier molecular flexibility index (Phi) is 9.24. The van der Waals surface area contributed by atoms with E-state index >= 15 is 0 Å². The molecule has 0 bridgehead atoms. The Bertz CT molecular complexity index is 2770. The van der Waals surface area contributed by atoms with Crippen LogP contribution in [0.15, 0.2) is 72.9 Å². The van der Waals surface area contributed by atoms with Crippen molar-refractivity contribution < 1.29 is 52.8 Å². The number of imide groups is 2. The second-order valence-corrected chi connectivity index (χ2v) is 14.9. The van der Waals surface area contributed by atoms with Crippen molar-refractivity contribution in [2.24, 2.45) is 5.92 Å². The van der Waals surface area contributed by atoms with E-state index in [-0.39, 0.29) is 53.3 Å². The minimum Gasteiger partial charge on any atom is -0.494 e. The highest BCUT2D eigenvalue weighted by Crippen LogP contribution is 2.39. The van der Waals surface area contributed by atoms with Crippen LogP contribution in [0.3, 0.4) is 0 Å². The van der Waals surface area contributed by atoms with E-state index in [2.05, 4.69) is 26.3 Å². The number of para-hydroxylation sites is 1. The van der Waals surface area contributed by atoms with Gasteiger partial charge in [0.25, 0.3) is 17.7 Å². The number of hydrogen-bond acceptors (Lipinski definition) is 12. The Morgan fingerprint density at radius 3 is 2.27 bits per heavy atom. The monoisotopic (exact) mass is 861 g/mol. The summed E-state index contributed by atoms with van der Waals surface area (Å²) in [6.07, 6.45) is -3.70. The molecule has 4 aromatic rings. The van der Waals surface area contributed by atoms with Gasteiger partial charge in [-0.15, -0.1) is 0 Å². The van der Waals surface area contributed by atoms with Gasteiger partial charge in [-0.2, -0.15) is 13.2 Å². The molecule has 0 radical (unpaired) electrons. The molecule has 3 aromatic carbocycles. The highest BCUT2D eigenvalue weighted by Gasteiger charge is 2.45. The molecule has 0 saturated carbocycles. The molecule has 4 aliphatic rings. The van der Waals surface area contributed by atoms with Gasteiger partial charge < -0.3 is 30.5 Å². The number of fused-ring (bicyclic) bond motifs is 1. The maximum absolute atomic E-state index is 14.1. The van der Waals surface area contributed by atoms with Gasteiger partial charge in [0.1, 0.15) is 17.6 Å². The minimum atomic E-state index is -4.79. The third-order valence-corrected chi connectivity index (χ3v) is 11.0. The average molecular weight is 862 g/mol. The number of pyridine rings is 1. The maximum atomic E-state index is 14.1. The largest absolute Gasteiger partial charge is 0.494 e. The highest BCUT2D eigenvalue weighted by molar-refractivity contribution is 6.23. The Morgan fingerprint density at radius 2 is 1.56 bits per heavy atom. The normalized spacial score (nSPS) is 23.9. The quantitative estimate of drug-likeness (QED) is 0.142. The summed E-state index contributed by atoms with van der Waals surface area (Å²) >= 11 is 0. The van der Waals surface area contributed by atoms with E-state index in [0.29, 0.717) is 64.0 Å². The molecule has 4 N–H and O–H groups in total. The molecule has 62 heavy (non-hydrogen) atoms. The summed E-state index contributed by atoms with van der Waals surface area (Å²) in [7, 11) is 2.80. The van der Waals surface area contributed by atoms with Crippen molar-refractivity contribution in [1.29, 1.82) is 0 Å². The zero-order chi connectivity index (χ0) is 50.9. The maximum Gasteiger partial charge on any atom is 0.419 e. The number of hydrogen-bond donors (Lipinski definition) is 4. The number of carbonyl (C=O) groups is 5. The Labute approximate surface area is 366 Å². The number of piperidine rings is 2. The molecule has 3 fully saturated rings. The molecule has 324 valence electrons. The van der Waals surface area contributed by atoms with Crippen molar-refractivity contribution in [3.05, 3.63) is 95.2 Å². The van der Waals surface area contributed by atoms with Crippen LogP contribution in [-0.2, 0) is 15.8 Å². The topological polar surface area (TPSA) is 169 Å². The second kappa shape index (κ2) is 17.4. The number of aromatic nitrogens is 1. The fourth-order valence-corrected chi connectivity index (χ4v) is 7.77. The molecule has 5 heterocycles. The number of benzene rings is 3. The van der Waals surface area contributed by atoms with Gasteiger partial charge in [0, 0.05) is 94.3 Å². The second-order valence-electron chi connectivity index (χ2n) is 14.9. The predicted octanol–water partition coefficient (Wildman–Crippen LogP) is 5.40. The van der Waals surface area contributed by atoms with Crippen molar-refractivity contribution in [1.82, 2.24) is 25.4 Å². The van der Waals surface area contributed by atoms with Gasteiger partial charge in [-0.3, -0.25) is 39.1 Å². The third-order valence-electron chi connectivity index (χ3n) is 11.0. The van der Waals surface area contributed by atoms with Crippen molar-refractivity contribution >= 4 is 63.8 Å². The number of alkyl halides is 3. The number of halogens is 3. The first-order chi connectivity index (χ1) is 32.8. The number of nitrogens with one attached hydrogen (secondary N) is 4. The lowest BCUT2D eigenvalue weighted by Gasteiger charge is -2.40. The number of carbonyl (C=O) groups excluding carboxylic acids is 5. The molecule has 1 aromatic heterocycles. The minimum absolute atomic E-state index is 0.0198. The highest BCUT2D eigenvalue weighted by atomic mass is 19.4. The van der Waals surface area contributed by atoms with Crippen LogP contribution in [0, 0.1) is 5.92 Å². The van der Waals surface area contributed by atoms with E-state index in [1.54, 1.807) is 30.3 Å². The lowest BCUT2D eigenvalue weighted by Crippen LogP contribution is -2.54. The van der Waals surface area contributed by atoms with E-state index in [1.165, 1.54) is 26.3 Å². The molecule has 18 heteroatoms. The van der Waals surface area contributed by atoms with Crippen molar-refractivity contribution in [2.75, 3.05) is 80.2 Å². The van der Waals surface area contributed by atoms with Gasteiger partial charge in [0.2, 0.25) is 11.8 Å². The van der Waals surface area contributed by atoms with E-state index in [9.17, 15) is 37.1 Å². The number of piperazine rings is 1. The van der Waals surface area contributed by atoms with Crippen LogP contribution in [0.5, 0.6) is 5.75 Å². The van der Waals surface area contributed by atoms with Crippen LogP contribution >= 0.6 is 0 Å². The molecule has 5 amide bonds. The first-order valence-corrected chi connectivity index (χ1v) is 19.6. The van der Waals surface area contributed by atoms with E-state index in [4.69, 9.17) is 15.7 Å². The lowest BCUT2D eigenvalue weighted by atomic mass is 9.95. The van der Waals surface area contributed by atoms with Crippen LogP contribution in [0.2, 0.25) is 0 Å². The van der Waals surface area contributed by atoms with Crippen molar-refractivity contribution in [3.8, 4) is 5.75 Å². The standard InChI is InChI=1S/C44H46F3N9O6/c1-48-40(58)30-5-3-4-6-33(30)50-35-23-38(49-24-32(35)44(45,46)47)51-34-10-8-28(22-37(34)62-2)54-15-13-26(14-16-54)25-53-17-19-55(20-18-53)27-7-9-29-31(21-27)43(61)56(42(29)60)36-11-12-39(57)52-41(36)59/h3-10,21-24,26,36H,11-20,25H2,1-2H3,(H,48,58)(H2,49,50,51)(H,52,57,59)/i17D2,18D2,19D2,20D2. The molecule has 3 saturated heterocycles. The molecule has 4 aliphatic heterocycles. The van der Waals surface area contributed by atoms with Gasteiger partial charge >= 0.3 is 6.18 Å². The van der Waals surface area contributed by atoms with Crippen molar-refractivity contribution in [2.45, 2.75) is 37.9 Å². The van der Waals surface area contributed by atoms with Gasteiger partial charge in [0.15, 0.2) is 0 Å². The summed E-state index contributed by atoms with van der Waals surface area (Å²) in [5.74, 6) is -3.91. The smallest absolute Gasteiger partial charge is 0.419 e. The fourth-order valence-electron chi connectivity index (χ4n) is 7.77. The Balaban J connectivity index is 0.963. The number of amides is 5. The zero-order valence-corrected chi connectivity index (χ0v) is 33.4. The summed E-state index contributed by atoms with van der Waals surface area (Å²) in [6.45, 7) is -12.6. The Morgan fingerprint density at radius 1 is 0.855 bits per heavy atom. The lowest BCUT2D eigenvalue weighted by molar-refractivity contribution is -0.137. The number of ether oxygens (including phenoxy) is 1. The molecule has 0 aliphatic carbocycles. The summed E-state index contributed by atoms with van der Waals surface area (Å²) in [4.78, 5) is 71.2. The van der Waals surface area contributed by atoms with Gasteiger partial charge in [-0.05, 0) is 67.6 Å². The van der Waals surface area contributed by atoms with E-state index < -0.39 is 84.9 Å². The number of methoxy groups -OCH3 is 1. The molecule has 1 unspecified atom stereocenters. The van der Waals surface area contributed by atoms with Crippen LogP contribution in [0.4, 0.5) is 47.4 Å². The average Bonchev–Trinajstić information content (AvgIpc) is 3.54. The SMILES string of the molecule is [2H]C1([2H])N(CC2CCN(c3ccc(Nc4cc(Nc5ccccc5C(=O)NC)c(C(F)(F)F)cn4)c(OC)c3)CC2)C([2H])([2H])C([2H])([2H])N(c2ccc3c(c2)C(=O)N(C2CCC(=O)NC2=O)C3=O)C1([2H])[2H]. The number of nitrogens with zero attached hydrogens (tertiary/aromatic N) is 5. The molecular weight excluding hydrogens is 808 g/mol. The van der Waals surface area contributed by atoms with Crippen LogP contribution in [0.25, 0.3) is 0 Å².